The predicted octanol–water partition coefficient (Wildman–Crippen LogP) is 7.54. The van der Waals surface area contributed by atoms with Crippen LogP contribution in [0.15, 0.2) is 91.0 Å². The van der Waals surface area contributed by atoms with Crippen molar-refractivity contribution in [2.75, 3.05) is 6.61 Å². The Bertz CT molecular complexity index is 1200. The van der Waals surface area contributed by atoms with Crippen molar-refractivity contribution in [3.8, 4) is 0 Å². The van der Waals surface area contributed by atoms with E-state index in [4.69, 9.17) is 16.3 Å². The zero-order valence-corrected chi connectivity index (χ0v) is 17.0. The number of ether oxygens (including phenoxy) is 1. The van der Waals surface area contributed by atoms with Crippen molar-refractivity contribution in [3.05, 3.63) is 118 Å². The van der Waals surface area contributed by atoms with Gasteiger partial charge in [-0.05, 0) is 41.1 Å². The number of hydrogen-bond donors (Lipinski definition) is 0. The number of hydrogen-bond acceptors (Lipinski definition) is 1. The van der Waals surface area contributed by atoms with Gasteiger partial charge in [0.25, 0.3) is 0 Å². The number of rotatable bonds is 5. The molecule has 1 atom stereocenters. The first-order valence-corrected chi connectivity index (χ1v) is 10.4. The van der Waals surface area contributed by atoms with Gasteiger partial charge in [0.15, 0.2) is 0 Å². The molecule has 0 aromatic heterocycles. The summed E-state index contributed by atoms with van der Waals surface area (Å²) in [5.41, 5.74) is 6.12. The summed E-state index contributed by atoms with van der Waals surface area (Å²) in [7, 11) is 0. The van der Waals surface area contributed by atoms with Crippen molar-refractivity contribution in [1.29, 1.82) is 0 Å². The second-order valence-electron chi connectivity index (χ2n) is 7.28. The van der Waals surface area contributed by atoms with Gasteiger partial charge in [0.05, 0.1) is 6.61 Å². The summed E-state index contributed by atoms with van der Waals surface area (Å²) < 4.78 is 6.29. The molecule has 0 radical (unpaired) electrons. The molecule has 0 heterocycles. The van der Waals surface area contributed by atoms with Crippen LogP contribution < -0.4 is 0 Å². The van der Waals surface area contributed by atoms with E-state index in [9.17, 15) is 0 Å². The van der Waals surface area contributed by atoms with Gasteiger partial charge in [-0.1, -0.05) is 90.5 Å². The Hall–Kier alpha value is -3.03. The zero-order valence-electron chi connectivity index (χ0n) is 16.2. The minimum absolute atomic E-state index is 0.0630. The molecule has 0 fully saturated rings. The van der Waals surface area contributed by atoms with Crippen LogP contribution in [0.2, 0.25) is 5.02 Å². The molecule has 0 saturated carbocycles. The average molecular weight is 397 g/mol. The Morgan fingerprint density at radius 3 is 2.07 bits per heavy atom. The van der Waals surface area contributed by atoms with Crippen LogP contribution in [0, 0.1) is 0 Å². The molecule has 1 nitrogen and oxygen atoms in total. The highest BCUT2D eigenvalue weighted by Gasteiger charge is 2.32. The molecule has 4 aromatic rings. The van der Waals surface area contributed by atoms with E-state index in [1.54, 1.807) is 0 Å². The van der Waals surface area contributed by atoms with Gasteiger partial charge in [0, 0.05) is 27.5 Å². The average Bonchev–Trinajstić information content (AvgIpc) is 3.07. The van der Waals surface area contributed by atoms with Gasteiger partial charge < -0.3 is 4.74 Å². The SMILES string of the molecule is CCOC1=C([C@@H](c2ccccc2)c2ccc(Cl)cc2)c2cccc3cccc1c23. The maximum atomic E-state index is 6.29. The highest BCUT2D eigenvalue weighted by molar-refractivity contribution is 6.30. The Labute approximate surface area is 176 Å². The molecule has 0 saturated heterocycles. The summed E-state index contributed by atoms with van der Waals surface area (Å²) in [5.74, 6) is 1.05. The Morgan fingerprint density at radius 2 is 1.38 bits per heavy atom. The van der Waals surface area contributed by atoms with E-state index in [1.807, 2.05) is 19.1 Å². The molecule has 0 bridgehead atoms. The molecule has 5 rings (SSSR count). The van der Waals surface area contributed by atoms with Gasteiger partial charge in [0.2, 0.25) is 0 Å². The van der Waals surface area contributed by atoms with E-state index in [0.717, 1.165) is 10.8 Å². The number of halogens is 1. The maximum Gasteiger partial charge on any atom is 0.131 e. The second kappa shape index (κ2) is 7.42. The summed E-state index contributed by atoms with van der Waals surface area (Å²) in [6, 6.07) is 31.8. The first-order chi connectivity index (χ1) is 14.3. The van der Waals surface area contributed by atoms with E-state index in [1.165, 1.54) is 38.6 Å². The first kappa shape index (κ1) is 18.0. The van der Waals surface area contributed by atoms with Gasteiger partial charge in [-0.15, -0.1) is 0 Å². The van der Waals surface area contributed by atoms with E-state index in [2.05, 4.69) is 78.9 Å². The molecular weight excluding hydrogens is 376 g/mol. The van der Waals surface area contributed by atoms with Gasteiger partial charge >= 0.3 is 0 Å². The largest absolute Gasteiger partial charge is 0.493 e. The molecule has 2 heteroatoms. The Kier molecular flexibility index (Phi) is 4.61. The third kappa shape index (κ3) is 3.03. The summed E-state index contributed by atoms with van der Waals surface area (Å²) in [4.78, 5) is 0. The third-order valence-electron chi connectivity index (χ3n) is 5.60. The third-order valence-corrected chi connectivity index (χ3v) is 5.85. The standard InChI is InChI=1S/C27H21ClO/c1-2-29-27-23-13-7-11-19-10-6-12-22(25(19)23)26(27)24(18-8-4-3-5-9-18)20-14-16-21(28)17-15-20/h3-17,24H,2H2,1H3/t24-/m0/s1. The van der Waals surface area contributed by atoms with E-state index < -0.39 is 0 Å². The fraction of sp³-hybridized carbons (Fsp3) is 0.111. The topological polar surface area (TPSA) is 9.23 Å². The minimum atomic E-state index is 0.0630. The van der Waals surface area contributed by atoms with Crippen LogP contribution in [0.3, 0.4) is 0 Å². The second-order valence-corrected chi connectivity index (χ2v) is 7.72. The molecule has 1 aliphatic rings. The molecule has 0 N–H and O–H groups in total. The summed E-state index contributed by atoms with van der Waals surface area (Å²) >= 11 is 6.20. The van der Waals surface area contributed by atoms with E-state index in [-0.39, 0.29) is 5.92 Å². The van der Waals surface area contributed by atoms with Crippen LogP contribution in [0.25, 0.3) is 22.1 Å². The van der Waals surface area contributed by atoms with E-state index in [0.29, 0.717) is 6.61 Å². The van der Waals surface area contributed by atoms with Gasteiger partial charge in [0.1, 0.15) is 5.76 Å². The molecule has 0 amide bonds. The van der Waals surface area contributed by atoms with E-state index >= 15 is 0 Å². The monoisotopic (exact) mass is 396 g/mol. The normalized spacial score (nSPS) is 13.7. The van der Waals surface area contributed by atoms with Crippen molar-refractivity contribution < 1.29 is 4.74 Å². The summed E-state index contributed by atoms with van der Waals surface area (Å²) in [6.07, 6.45) is 0. The molecule has 1 aliphatic carbocycles. The van der Waals surface area contributed by atoms with Gasteiger partial charge in [-0.2, -0.15) is 0 Å². The highest BCUT2D eigenvalue weighted by Crippen LogP contribution is 2.50. The lowest BCUT2D eigenvalue weighted by molar-refractivity contribution is 0.299. The van der Waals surface area contributed by atoms with Crippen LogP contribution in [0.1, 0.15) is 35.1 Å². The first-order valence-electron chi connectivity index (χ1n) is 9.97. The lowest BCUT2D eigenvalue weighted by Gasteiger charge is -2.23. The van der Waals surface area contributed by atoms with Gasteiger partial charge in [-0.3, -0.25) is 0 Å². The predicted molar refractivity (Wildman–Crippen MR) is 122 cm³/mol. The van der Waals surface area contributed by atoms with Crippen LogP contribution in [0.5, 0.6) is 0 Å². The van der Waals surface area contributed by atoms with Crippen LogP contribution in [-0.4, -0.2) is 6.61 Å². The Balaban J connectivity index is 1.82. The summed E-state index contributed by atoms with van der Waals surface area (Å²) in [6.45, 7) is 2.68. The van der Waals surface area contributed by atoms with Crippen molar-refractivity contribution >= 4 is 33.7 Å². The summed E-state index contributed by atoms with van der Waals surface area (Å²) in [5, 5.41) is 3.27. The van der Waals surface area contributed by atoms with Crippen molar-refractivity contribution in [1.82, 2.24) is 0 Å². The highest BCUT2D eigenvalue weighted by atomic mass is 35.5. The fourth-order valence-corrected chi connectivity index (χ4v) is 4.56. The molecule has 0 spiro atoms. The molecule has 0 unspecified atom stereocenters. The van der Waals surface area contributed by atoms with Crippen molar-refractivity contribution in [2.45, 2.75) is 12.8 Å². The smallest absolute Gasteiger partial charge is 0.131 e. The molecule has 0 aliphatic heterocycles. The van der Waals surface area contributed by atoms with Crippen molar-refractivity contribution in [3.63, 3.8) is 0 Å². The zero-order chi connectivity index (χ0) is 19.8. The van der Waals surface area contributed by atoms with Crippen LogP contribution >= 0.6 is 11.6 Å². The van der Waals surface area contributed by atoms with Crippen molar-refractivity contribution in [2.24, 2.45) is 0 Å². The lowest BCUT2D eigenvalue weighted by atomic mass is 9.82. The fourth-order valence-electron chi connectivity index (χ4n) is 4.43. The van der Waals surface area contributed by atoms with Crippen LogP contribution in [0.4, 0.5) is 0 Å². The Morgan fingerprint density at radius 1 is 0.724 bits per heavy atom. The molecular formula is C27H21ClO. The number of benzene rings is 4. The number of allylic oxidation sites excluding steroid dienone is 1. The lowest BCUT2D eigenvalue weighted by Crippen LogP contribution is -2.06. The quantitative estimate of drug-likeness (QED) is 0.338. The molecule has 29 heavy (non-hydrogen) atoms. The molecule has 142 valence electrons. The maximum absolute atomic E-state index is 6.29. The van der Waals surface area contributed by atoms with Gasteiger partial charge in [-0.25, -0.2) is 0 Å². The van der Waals surface area contributed by atoms with Crippen LogP contribution in [-0.2, 0) is 4.74 Å². The minimum Gasteiger partial charge on any atom is -0.493 e. The molecule has 4 aromatic carbocycles.